The molecule has 0 bridgehead atoms. The van der Waals surface area contributed by atoms with Crippen LogP contribution in [0.15, 0.2) is 23.6 Å². The minimum atomic E-state index is -0.00729. The Hall–Kier alpha value is -1.32. The zero-order chi connectivity index (χ0) is 17.5. The maximum absolute atomic E-state index is 12.7. The van der Waals surface area contributed by atoms with E-state index in [0.717, 1.165) is 36.1 Å². The quantitative estimate of drug-likeness (QED) is 0.686. The Morgan fingerprint density at radius 3 is 2.75 bits per heavy atom. The van der Waals surface area contributed by atoms with E-state index in [0.29, 0.717) is 16.4 Å². The molecule has 1 aliphatic carbocycles. The van der Waals surface area contributed by atoms with E-state index in [2.05, 4.69) is 26.1 Å². The lowest BCUT2D eigenvalue weighted by Crippen LogP contribution is -2.27. The molecule has 2 aromatic rings. The van der Waals surface area contributed by atoms with E-state index in [9.17, 15) is 4.79 Å². The highest BCUT2D eigenvalue weighted by atomic mass is 35.5. The highest BCUT2D eigenvalue weighted by Crippen LogP contribution is 2.40. The molecule has 0 spiro atoms. The first-order chi connectivity index (χ1) is 11.3. The average Bonchev–Trinajstić information content (AvgIpc) is 2.92. The van der Waals surface area contributed by atoms with Crippen molar-refractivity contribution >= 4 is 34.5 Å². The summed E-state index contributed by atoms with van der Waals surface area (Å²) in [6.45, 7) is 8.89. The number of amides is 1. The van der Waals surface area contributed by atoms with E-state index in [-0.39, 0.29) is 5.91 Å². The van der Waals surface area contributed by atoms with Crippen molar-refractivity contribution in [3.8, 4) is 0 Å². The van der Waals surface area contributed by atoms with Crippen molar-refractivity contribution in [1.29, 1.82) is 0 Å². The van der Waals surface area contributed by atoms with Gasteiger partial charge in [-0.3, -0.25) is 4.79 Å². The second-order valence-electron chi connectivity index (χ2n) is 7.77. The monoisotopic (exact) mass is 361 g/mol. The van der Waals surface area contributed by atoms with Crippen LogP contribution in [0.2, 0.25) is 5.02 Å². The number of anilines is 1. The third-order valence-corrected chi connectivity index (χ3v) is 6.35. The molecule has 1 N–H and O–H groups in total. The van der Waals surface area contributed by atoms with Gasteiger partial charge in [0.15, 0.2) is 0 Å². The Kier molecular flexibility index (Phi) is 4.76. The molecule has 0 aliphatic heterocycles. The van der Waals surface area contributed by atoms with E-state index in [1.165, 1.54) is 10.4 Å². The molecule has 1 unspecified atom stereocenters. The average molecular weight is 362 g/mol. The zero-order valence-electron chi connectivity index (χ0n) is 14.7. The van der Waals surface area contributed by atoms with E-state index in [4.69, 9.17) is 11.6 Å². The van der Waals surface area contributed by atoms with Crippen LogP contribution in [0.4, 0.5) is 5.69 Å². The summed E-state index contributed by atoms with van der Waals surface area (Å²) < 4.78 is 0. The number of nitrogens with one attached hydrogen (secondary N) is 1. The lowest BCUT2D eigenvalue weighted by Gasteiger charge is -2.34. The number of carbonyl (C=O) groups excluding carboxylic acids is 1. The van der Waals surface area contributed by atoms with Gasteiger partial charge in [-0.05, 0) is 66.8 Å². The van der Waals surface area contributed by atoms with Gasteiger partial charge in [-0.25, -0.2) is 0 Å². The lowest BCUT2D eigenvalue weighted by molar-refractivity contribution is 0.102. The fourth-order valence-electron chi connectivity index (χ4n) is 3.40. The molecule has 4 heteroatoms. The molecule has 1 amide bonds. The van der Waals surface area contributed by atoms with E-state index in [1.54, 1.807) is 17.4 Å². The summed E-state index contributed by atoms with van der Waals surface area (Å²) in [7, 11) is 0. The molecule has 0 saturated carbocycles. The first-order valence-corrected chi connectivity index (χ1v) is 9.68. The van der Waals surface area contributed by atoms with Crippen LogP contribution < -0.4 is 5.32 Å². The van der Waals surface area contributed by atoms with Gasteiger partial charge in [0.1, 0.15) is 0 Å². The smallest absolute Gasteiger partial charge is 0.256 e. The van der Waals surface area contributed by atoms with E-state index < -0.39 is 0 Å². The van der Waals surface area contributed by atoms with Gasteiger partial charge in [0.25, 0.3) is 5.91 Å². The van der Waals surface area contributed by atoms with Gasteiger partial charge in [0.05, 0.1) is 5.56 Å². The minimum absolute atomic E-state index is 0.00729. The molecular formula is C20H24ClNOS. The summed E-state index contributed by atoms with van der Waals surface area (Å²) in [6.07, 6.45) is 3.26. The van der Waals surface area contributed by atoms with Gasteiger partial charge in [-0.1, -0.05) is 32.4 Å². The molecule has 1 aromatic carbocycles. The third-order valence-electron chi connectivity index (χ3n) is 5.06. The predicted molar refractivity (Wildman–Crippen MR) is 103 cm³/mol. The highest BCUT2D eigenvalue weighted by Gasteiger charge is 2.31. The third kappa shape index (κ3) is 3.52. The highest BCUT2D eigenvalue weighted by molar-refractivity contribution is 7.10. The number of hydrogen-bond donors (Lipinski definition) is 1. The zero-order valence-corrected chi connectivity index (χ0v) is 16.3. The van der Waals surface area contributed by atoms with Gasteiger partial charge in [-0.15, -0.1) is 11.3 Å². The van der Waals surface area contributed by atoms with E-state index in [1.807, 2.05) is 24.4 Å². The van der Waals surface area contributed by atoms with Crippen LogP contribution in [0.5, 0.6) is 0 Å². The summed E-state index contributed by atoms with van der Waals surface area (Å²) >= 11 is 7.72. The standard InChI is InChI=1S/C20H24ClNOS/c1-12-9-14(21)6-8-17(12)22-19(23)16-11-24-18-10-13(20(2,3)4)5-7-15(16)18/h6,8-9,11,13H,5,7,10H2,1-4H3,(H,22,23). The molecular weight excluding hydrogens is 338 g/mol. The number of carbonyl (C=O) groups is 1. The Morgan fingerprint density at radius 2 is 2.08 bits per heavy atom. The molecule has 3 rings (SSSR count). The van der Waals surface area contributed by atoms with E-state index >= 15 is 0 Å². The number of rotatable bonds is 2. The molecule has 1 atom stereocenters. The molecule has 1 aromatic heterocycles. The summed E-state index contributed by atoms with van der Waals surface area (Å²) in [6, 6.07) is 5.54. The molecule has 2 nitrogen and oxygen atoms in total. The van der Waals surface area contributed by atoms with Crippen LogP contribution in [-0.4, -0.2) is 5.91 Å². The maximum atomic E-state index is 12.7. The van der Waals surface area contributed by atoms with Gasteiger partial charge in [-0.2, -0.15) is 0 Å². The number of fused-ring (bicyclic) bond motifs is 1. The summed E-state index contributed by atoms with van der Waals surface area (Å²) in [5.74, 6) is 0.685. The topological polar surface area (TPSA) is 29.1 Å². The number of thiophene rings is 1. The molecule has 0 radical (unpaired) electrons. The number of aryl methyl sites for hydroxylation is 1. The maximum Gasteiger partial charge on any atom is 0.256 e. The Labute approximate surface area is 153 Å². The fraction of sp³-hybridized carbons (Fsp3) is 0.450. The molecule has 1 heterocycles. The van der Waals surface area contributed by atoms with Gasteiger partial charge in [0, 0.05) is 21.0 Å². The molecule has 0 saturated heterocycles. The van der Waals surface area contributed by atoms with Crippen molar-refractivity contribution in [1.82, 2.24) is 0 Å². The van der Waals surface area contributed by atoms with Crippen LogP contribution >= 0.6 is 22.9 Å². The van der Waals surface area contributed by atoms with Crippen molar-refractivity contribution in [3.05, 3.63) is 50.2 Å². The van der Waals surface area contributed by atoms with Crippen LogP contribution in [0.1, 0.15) is 53.6 Å². The van der Waals surface area contributed by atoms with Crippen molar-refractivity contribution < 1.29 is 4.79 Å². The van der Waals surface area contributed by atoms with Crippen LogP contribution in [0.25, 0.3) is 0 Å². The second kappa shape index (κ2) is 6.53. The fourth-order valence-corrected chi connectivity index (χ4v) is 4.79. The minimum Gasteiger partial charge on any atom is -0.322 e. The Balaban J connectivity index is 1.79. The molecule has 128 valence electrons. The van der Waals surface area contributed by atoms with Crippen LogP contribution in [-0.2, 0) is 12.8 Å². The van der Waals surface area contributed by atoms with Crippen molar-refractivity contribution in [3.63, 3.8) is 0 Å². The second-order valence-corrected chi connectivity index (χ2v) is 9.17. The molecule has 0 fully saturated rings. The molecule has 1 aliphatic rings. The summed E-state index contributed by atoms with van der Waals surface area (Å²) in [4.78, 5) is 14.1. The number of hydrogen-bond acceptors (Lipinski definition) is 2. The number of halogens is 1. The van der Waals surface area contributed by atoms with Crippen molar-refractivity contribution in [2.24, 2.45) is 11.3 Å². The largest absolute Gasteiger partial charge is 0.322 e. The van der Waals surface area contributed by atoms with Gasteiger partial charge >= 0.3 is 0 Å². The van der Waals surface area contributed by atoms with Crippen LogP contribution in [0, 0.1) is 18.3 Å². The lowest BCUT2D eigenvalue weighted by atomic mass is 9.72. The van der Waals surface area contributed by atoms with Gasteiger partial charge in [0.2, 0.25) is 0 Å². The van der Waals surface area contributed by atoms with Gasteiger partial charge < -0.3 is 5.32 Å². The van der Waals surface area contributed by atoms with Crippen molar-refractivity contribution in [2.75, 3.05) is 5.32 Å². The SMILES string of the molecule is Cc1cc(Cl)ccc1NC(=O)c1csc2c1CCC(C(C)(C)C)C2. The normalized spacial score (nSPS) is 17.5. The predicted octanol–water partition coefficient (Wildman–Crippen LogP) is 6.11. The first-order valence-electron chi connectivity index (χ1n) is 8.42. The Bertz CT molecular complexity index is 772. The summed E-state index contributed by atoms with van der Waals surface area (Å²) in [5.41, 5.74) is 4.23. The van der Waals surface area contributed by atoms with Crippen LogP contribution in [0.3, 0.4) is 0 Å². The van der Waals surface area contributed by atoms with Crippen molar-refractivity contribution in [2.45, 2.75) is 47.0 Å². The molecule has 24 heavy (non-hydrogen) atoms. The number of benzene rings is 1. The summed E-state index contributed by atoms with van der Waals surface area (Å²) in [5, 5.41) is 5.75. The first kappa shape index (κ1) is 17.5. The Morgan fingerprint density at radius 1 is 1.33 bits per heavy atom.